The lowest BCUT2D eigenvalue weighted by molar-refractivity contribution is -0.0618. The van der Waals surface area contributed by atoms with Gasteiger partial charge in [-0.2, -0.15) is 18.3 Å². The van der Waals surface area contributed by atoms with Crippen LogP contribution in [0.5, 0.6) is 0 Å². The number of aromatic nitrogens is 2. The zero-order valence-electron chi connectivity index (χ0n) is 15.7. The first-order chi connectivity index (χ1) is 12.9. The molecule has 0 amide bonds. The lowest BCUT2D eigenvalue weighted by Crippen LogP contribution is -2.37. The van der Waals surface area contributed by atoms with Crippen LogP contribution >= 0.6 is 0 Å². The van der Waals surface area contributed by atoms with Crippen LogP contribution in [0.3, 0.4) is 0 Å². The summed E-state index contributed by atoms with van der Waals surface area (Å²) in [6.45, 7) is 5.84. The first-order valence-electron chi connectivity index (χ1n) is 8.84. The van der Waals surface area contributed by atoms with Crippen molar-refractivity contribution < 1.29 is 13.2 Å². The molecule has 0 saturated carbocycles. The van der Waals surface area contributed by atoms with Crippen molar-refractivity contribution in [2.24, 2.45) is 9.98 Å². The molecule has 2 rings (SSSR count). The first-order valence-corrected chi connectivity index (χ1v) is 8.84. The van der Waals surface area contributed by atoms with Gasteiger partial charge in [-0.25, -0.2) is 4.99 Å². The summed E-state index contributed by atoms with van der Waals surface area (Å²) in [7, 11) is 0. The molecule has 1 aliphatic rings. The van der Waals surface area contributed by atoms with Crippen LogP contribution in [0.4, 0.5) is 13.2 Å². The summed E-state index contributed by atoms with van der Waals surface area (Å²) in [6, 6.07) is 0. The van der Waals surface area contributed by atoms with E-state index in [2.05, 4.69) is 27.4 Å². The molecule has 0 unspecified atom stereocenters. The van der Waals surface area contributed by atoms with E-state index < -0.39 is 12.0 Å². The summed E-state index contributed by atoms with van der Waals surface area (Å²) < 4.78 is 38.6. The van der Waals surface area contributed by atoms with Crippen molar-refractivity contribution in [2.75, 3.05) is 13.1 Å². The monoisotopic (exact) mass is 379 g/mol. The Morgan fingerprint density at radius 3 is 2.74 bits per heavy atom. The molecule has 0 atom stereocenters. The number of amidine groups is 1. The smallest absolute Gasteiger partial charge is 0.363 e. The number of H-pyrrole nitrogens is 1. The fourth-order valence-electron chi connectivity index (χ4n) is 2.66. The van der Waals surface area contributed by atoms with Gasteiger partial charge in [0.1, 0.15) is 0 Å². The van der Waals surface area contributed by atoms with Gasteiger partial charge in [0.2, 0.25) is 5.84 Å². The van der Waals surface area contributed by atoms with E-state index >= 15 is 0 Å². The van der Waals surface area contributed by atoms with Crippen LogP contribution in [0.15, 0.2) is 51.8 Å². The minimum absolute atomic E-state index is 0.0245. The van der Waals surface area contributed by atoms with Gasteiger partial charge in [0.25, 0.3) is 0 Å². The van der Waals surface area contributed by atoms with Crippen LogP contribution in [0.1, 0.15) is 37.9 Å². The fraction of sp³-hybridized carbons (Fsp3) is 0.421. The van der Waals surface area contributed by atoms with Crippen LogP contribution in [0.2, 0.25) is 0 Å². The zero-order valence-corrected chi connectivity index (χ0v) is 15.7. The van der Waals surface area contributed by atoms with Crippen molar-refractivity contribution in [3.05, 3.63) is 53.0 Å². The molecule has 0 aliphatic carbocycles. The minimum atomic E-state index is -4.49. The topological polar surface area (TPSA) is 65.4 Å². The van der Waals surface area contributed by atoms with Gasteiger partial charge in [0.05, 0.1) is 23.6 Å². The van der Waals surface area contributed by atoms with Crippen molar-refractivity contribution in [1.29, 1.82) is 0 Å². The summed E-state index contributed by atoms with van der Waals surface area (Å²) in [6.07, 6.45) is 6.00. The molecule has 0 fully saturated rings. The van der Waals surface area contributed by atoms with E-state index in [9.17, 15) is 13.2 Å². The average molecular weight is 379 g/mol. The highest BCUT2D eigenvalue weighted by molar-refractivity contribution is 6.13. The highest BCUT2D eigenvalue weighted by Gasteiger charge is 2.35. The van der Waals surface area contributed by atoms with E-state index in [0.29, 0.717) is 5.70 Å². The standard InChI is InChI=1S/C19H24F3N5/c1-4-7-14(5-2)17(16-12-25-27-13(16)3)26-15-8-6-10-23-18(19(20,21)22)24-11-9-15/h5-6,8-9,12H,4,7,10-11H2,1-3H3,(H,23,24)(H,25,27)/b8-6-,14-5+,15-9?,26-17+. The van der Waals surface area contributed by atoms with Crippen LogP contribution in [-0.2, 0) is 0 Å². The quantitative estimate of drug-likeness (QED) is 0.751. The minimum Gasteiger partial charge on any atom is -0.363 e. The summed E-state index contributed by atoms with van der Waals surface area (Å²) >= 11 is 0. The molecule has 0 aromatic carbocycles. The van der Waals surface area contributed by atoms with Gasteiger partial charge in [0.15, 0.2) is 0 Å². The molecule has 1 aliphatic heterocycles. The van der Waals surface area contributed by atoms with Crippen molar-refractivity contribution in [2.45, 2.75) is 39.8 Å². The maximum Gasteiger partial charge on any atom is 0.448 e. The Labute approximate surface area is 156 Å². The van der Waals surface area contributed by atoms with E-state index in [1.54, 1.807) is 24.4 Å². The van der Waals surface area contributed by atoms with Crippen LogP contribution < -0.4 is 5.32 Å². The number of aryl methyl sites for hydroxylation is 1. The Morgan fingerprint density at radius 2 is 2.15 bits per heavy atom. The van der Waals surface area contributed by atoms with Gasteiger partial charge >= 0.3 is 6.18 Å². The molecule has 1 aromatic heterocycles. The molecule has 2 heterocycles. The van der Waals surface area contributed by atoms with E-state index in [4.69, 9.17) is 4.99 Å². The van der Waals surface area contributed by atoms with Crippen LogP contribution in [0, 0.1) is 6.92 Å². The molecule has 5 nitrogen and oxygen atoms in total. The molecule has 2 N–H and O–H groups in total. The average Bonchev–Trinajstić information content (AvgIpc) is 3.07. The van der Waals surface area contributed by atoms with Gasteiger partial charge in [-0.05, 0) is 38.0 Å². The number of rotatable bonds is 5. The van der Waals surface area contributed by atoms with Gasteiger partial charge < -0.3 is 5.32 Å². The third kappa shape index (κ3) is 5.67. The van der Waals surface area contributed by atoms with Gasteiger partial charge in [-0.1, -0.05) is 25.5 Å². The molecule has 8 heteroatoms. The molecule has 0 radical (unpaired) electrons. The Kier molecular flexibility index (Phi) is 7.15. The van der Waals surface area contributed by atoms with Gasteiger partial charge in [-0.15, -0.1) is 0 Å². The van der Waals surface area contributed by atoms with Gasteiger partial charge in [0, 0.05) is 18.3 Å². The van der Waals surface area contributed by atoms with E-state index in [1.807, 2.05) is 19.9 Å². The first kappa shape index (κ1) is 20.7. The number of nitrogens with zero attached hydrogens (tertiary/aromatic N) is 3. The Hall–Kier alpha value is -2.64. The SMILES string of the molecule is C/C=C(CCC)/C(=N\C1=CC/N=C(/C(F)(F)F)NC/C=C\1)c1c[nH]nc1C. The molecule has 27 heavy (non-hydrogen) atoms. The second-order valence-electron chi connectivity index (χ2n) is 6.01. The van der Waals surface area contributed by atoms with Crippen molar-refractivity contribution >= 4 is 11.5 Å². The third-order valence-corrected chi connectivity index (χ3v) is 3.99. The number of hydrogen-bond acceptors (Lipinski definition) is 4. The number of hydrogen-bond donors (Lipinski definition) is 2. The molecule has 0 spiro atoms. The van der Waals surface area contributed by atoms with E-state index in [1.165, 1.54) is 0 Å². The highest BCUT2D eigenvalue weighted by atomic mass is 19.4. The largest absolute Gasteiger partial charge is 0.448 e. The lowest BCUT2D eigenvalue weighted by Gasteiger charge is -2.10. The Bertz CT molecular complexity index is 795. The number of halogens is 3. The number of aromatic amines is 1. The number of allylic oxidation sites excluding steroid dienone is 3. The number of nitrogens with one attached hydrogen (secondary N) is 2. The molecule has 146 valence electrons. The van der Waals surface area contributed by atoms with E-state index in [-0.39, 0.29) is 13.1 Å². The number of alkyl halides is 3. The normalized spacial score (nSPS) is 19.9. The van der Waals surface area contributed by atoms with Crippen LogP contribution in [-0.4, -0.2) is 41.0 Å². The maximum absolute atomic E-state index is 12.9. The van der Waals surface area contributed by atoms with Gasteiger partial charge in [-0.3, -0.25) is 10.1 Å². The van der Waals surface area contributed by atoms with Crippen LogP contribution in [0.25, 0.3) is 0 Å². The Balaban J connectivity index is 2.44. The third-order valence-electron chi connectivity index (χ3n) is 3.99. The lowest BCUT2D eigenvalue weighted by atomic mass is 9.99. The zero-order chi connectivity index (χ0) is 19.9. The molecule has 1 aromatic rings. The molecule has 0 saturated heterocycles. The summed E-state index contributed by atoms with van der Waals surface area (Å²) in [5.41, 5.74) is 4.09. The number of aliphatic imine (C=N–C) groups is 2. The molecule has 0 bridgehead atoms. The maximum atomic E-state index is 12.9. The summed E-state index contributed by atoms with van der Waals surface area (Å²) in [4.78, 5) is 8.36. The summed E-state index contributed by atoms with van der Waals surface area (Å²) in [5.74, 6) is -0.973. The van der Waals surface area contributed by atoms with Crippen molar-refractivity contribution in [1.82, 2.24) is 15.5 Å². The Morgan fingerprint density at radius 1 is 1.37 bits per heavy atom. The highest BCUT2D eigenvalue weighted by Crippen LogP contribution is 2.20. The second kappa shape index (κ2) is 9.34. The summed E-state index contributed by atoms with van der Waals surface area (Å²) in [5, 5.41) is 9.30. The van der Waals surface area contributed by atoms with Crippen molar-refractivity contribution in [3.8, 4) is 0 Å². The van der Waals surface area contributed by atoms with E-state index in [0.717, 1.165) is 35.4 Å². The predicted molar refractivity (Wildman–Crippen MR) is 102 cm³/mol. The fourth-order valence-corrected chi connectivity index (χ4v) is 2.66. The molecular formula is C19H24F3N5. The molecular weight excluding hydrogens is 355 g/mol. The van der Waals surface area contributed by atoms with Crippen molar-refractivity contribution in [3.63, 3.8) is 0 Å². The predicted octanol–water partition coefficient (Wildman–Crippen LogP) is 4.26. The second-order valence-corrected chi connectivity index (χ2v) is 6.01.